The monoisotopic (exact) mass is 271 g/mol. The van der Waals surface area contributed by atoms with Gasteiger partial charge < -0.3 is 9.15 Å². The highest BCUT2D eigenvalue weighted by Crippen LogP contribution is 2.37. The molecule has 0 saturated heterocycles. The highest BCUT2D eigenvalue weighted by atomic mass is 16.5. The molecule has 2 aromatic rings. The summed E-state index contributed by atoms with van der Waals surface area (Å²) in [6.07, 6.45) is 2.48. The Hall–Kier alpha value is -1.81. The molecule has 0 atom stereocenters. The average molecular weight is 271 g/mol. The largest absolute Gasteiger partial charge is 0.478 e. The van der Waals surface area contributed by atoms with Crippen molar-refractivity contribution in [3.8, 4) is 5.75 Å². The summed E-state index contributed by atoms with van der Waals surface area (Å²) in [7, 11) is 0. The minimum Gasteiger partial charge on any atom is -0.478 e. The molecule has 20 heavy (non-hydrogen) atoms. The van der Waals surface area contributed by atoms with Crippen molar-refractivity contribution in [3.05, 3.63) is 39.2 Å². The zero-order valence-electron chi connectivity index (χ0n) is 11.7. The van der Waals surface area contributed by atoms with Crippen LogP contribution in [0.5, 0.6) is 5.75 Å². The van der Waals surface area contributed by atoms with E-state index < -0.39 is 0 Å². The Morgan fingerprint density at radius 3 is 2.75 bits per heavy atom. The van der Waals surface area contributed by atoms with Crippen LogP contribution >= 0.6 is 0 Å². The Balaban J connectivity index is 1.94. The van der Waals surface area contributed by atoms with Crippen LogP contribution in [0.2, 0.25) is 0 Å². The standard InChI is InChI=1S/C16H17NO3/c1-9-10(2)16(18)20-15-12(9)5-6-14-13(15)7-17(8-19-14)11-3-4-11/h5-6,11H,3-4,7-8H2,1-2H3. The molecule has 0 unspecified atom stereocenters. The Labute approximate surface area is 116 Å². The highest BCUT2D eigenvalue weighted by molar-refractivity contribution is 5.85. The first kappa shape index (κ1) is 12.0. The van der Waals surface area contributed by atoms with Crippen molar-refractivity contribution in [2.75, 3.05) is 6.73 Å². The number of ether oxygens (including phenoxy) is 1. The van der Waals surface area contributed by atoms with Gasteiger partial charge in [-0.25, -0.2) is 4.79 Å². The minimum atomic E-state index is -0.244. The summed E-state index contributed by atoms with van der Waals surface area (Å²) in [5.74, 6) is 0.848. The molecule has 0 radical (unpaired) electrons. The van der Waals surface area contributed by atoms with Gasteiger partial charge in [-0.2, -0.15) is 0 Å². The number of nitrogens with zero attached hydrogens (tertiary/aromatic N) is 1. The van der Waals surface area contributed by atoms with Crippen molar-refractivity contribution in [1.29, 1.82) is 0 Å². The van der Waals surface area contributed by atoms with Crippen molar-refractivity contribution >= 4 is 11.0 Å². The normalized spacial score (nSPS) is 18.9. The first-order valence-corrected chi connectivity index (χ1v) is 7.08. The van der Waals surface area contributed by atoms with Gasteiger partial charge in [0.25, 0.3) is 0 Å². The van der Waals surface area contributed by atoms with Gasteiger partial charge in [-0.1, -0.05) is 0 Å². The molecule has 2 aliphatic rings. The molecule has 4 rings (SSSR count). The molecular weight excluding hydrogens is 254 g/mol. The maximum absolute atomic E-state index is 11.9. The van der Waals surface area contributed by atoms with Crippen LogP contribution in [0.4, 0.5) is 0 Å². The van der Waals surface area contributed by atoms with Gasteiger partial charge in [-0.15, -0.1) is 0 Å². The fourth-order valence-corrected chi connectivity index (χ4v) is 2.91. The van der Waals surface area contributed by atoms with Crippen molar-refractivity contribution in [3.63, 3.8) is 0 Å². The Kier molecular flexibility index (Phi) is 2.45. The van der Waals surface area contributed by atoms with Crippen molar-refractivity contribution in [2.24, 2.45) is 0 Å². The van der Waals surface area contributed by atoms with Gasteiger partial charge in [-0.3, -0.25) is 4.90 Å². The van der Waals surface area contributed by atoms with Crippen LogP contribution in [0.15, 0.2) is 21.3 Å². The molecule has 104 valence electrons. The maximum Gasteiger partial charge on any atom is 0.339 e. The predicted octanol–water partition coefficient (Wildman–Crippen LogP) is 2.72. The summed E-state index contributed by atoms with van der Waals surface area (Å²) in [4.78, 5) is 14.3. The fourth-order valence-electron chi connectivity index (χ4n) is 2.91. The molecular formula is C16H17NO3. The SMILES string of the molecule is Cc1c(C)c2ccc3c(c2oc1=O)CN(C1CC1)CO3. The summed E-state index contributed by atoms with van der Waals surface area (Å²) < 4.78 is 11.4. The Morgan fingerprint density at radius 2 is 2.00 bits per heavy atom. The molecule has 0 amide bonds. The molecule has 1 aromatic carbocycles. The van der Waals surface area contributed by atoms with Gasteiger partial charge >= 0.3 is 5.63 Å². The quantitative estimate of drug-likeness (QED) is 0.748. The van der Waals surface area contributed by atoms with Crippen LogP contribution in [-0.4, -0.2) is 17.7 Å². The van der Waals surface area contributed by atoms with E-state index in [4.69, 9.17) is 9.15 Å². The molecule has 1 aliphatic heterocycles. The molecule has 2 heterocycles. The minimum absolute atomic E-state index is 0.244. The smallest absolute Gasteiger partial charge is 0.339 e. The topological polar surface area (TPSA) is 42.7 Å². The number of rotatable bonds is 1. The average Bonchev–Trinajstić information content (AvgIpc) is 3.29. The van der Waals surface area contributed by atoms with E-state index in [1.54, 1.807) is 0 Å². The Morgan fingerprint density at radius 1 is 1.20 bits per heavy atom. The molecule has 0 bridgehead atoms. The second-order valence-electron chi connectivity index (χ2n) is 5.81. The molecule has 1 saturated carbocycles. The summed E-state index contributed by atoms with van der Waals surface area (Å²) in [6.45, 7) is 5.23. The lowest BCUT2D eigenvalue weighted by Gasteiger charge is -2.29. The first-order chi connectivity index (χ1) is 9.65. The van der Waals surface area contributed by atoms with E-state index in [1.165, 1.54) is 12.8 Å². The number of aryl methyl sites for hydroxylation is 1. The first-order valence-electron chi connectivity index (χ1n) is 7.08. The summed E-state index contributed by atoms with van der Waals surface area (Å²) in [6, 6.07) is 4.62. The molecule has 1 aromatic heterocycles. The number of hydrogen-bond donors (Lipinski definition) is 0. The van der Waals surface area contributed by atoms with E-state index in [1.807, 2.05) is 26.0 Å². The van der Waals surface area contributed by atoms with E-state index >= 15 is 0 Å². The summed E-state index contributed by atoms with van der Waals surface area (Å²) in [5.41, 5.74) is 3.16. The lowest BCUT2D eigenvalue weighted by Crippen LogP contribution is -2.33. The third-order valence-electron chi connectivity index (χ3n) is 4.50. The second kappa shape index (κ2) is 4.09. The zero-order chi connectivity index (χ0) is 13.9. The van der Waals surface area contributed by atoms with E-state index in [9.17, 15) is 4.79 Å². The maximum atomic E-state index is 11.9. The summed E-state index contributed by atoms with van der Waals surface area (Å²) >= 11 is 0. The zero-order valence-corrected chi connectivity index (χ0v) is 11.7. The van der Waals surface area contributed by atoms with Crippen LogP contribution in [0.25, 0.3) is 11.0 Å². The van der Waals surface area contributed by atoms with Crippen LogP contribution in [0, 0.1) is 13.8 Å². The second-order valence-corrected chi connectivity index (χ2v) is 5.81. The number of benzene rings is 1. The van der Waals surface area contributed by atoms with Gasteiger partial charge in [-0.05, 0) is 44.4 Å². The van der Waals surface area contributed by atoms with E-state index in [2.05, 4.69) is 4.90 Å². The van der Waals surface area contributed by atoms with Gasteiger partial charge in [0.05, 0.1) is 5.56 Å². The molecule has 1 aliphatic carbocycles. The number of hydrogen-bond acceptors (Lipinski definition) is 4. The van der Waals surface area contributed by atoms with Crippen molar-refractivity contribution < 1.29 is 9.15 Å². The lowest BCUT2D eigenvalue weighted by molar-refractivity contribution is 0.0885. The van der Waals surface area contributed by atoms with E-state index in [-0.39, 0.29) is 5.63 Å². The van der Waals surface area contributed by atoms with Crippen molar-refractivity contribution in [2.45, 2.75) is 39.3 Å². The van der Waals surface area contributed by atoms with E-state index in [0.717, 1.165) is 28.8 Å². The molecule has 4 nitrogen and oxygen atoms in total. The molecule has 1 fully saturated rings. The summed E-state index contributed by atoms with van der Waals surface area (Å²) in [5, 5.41) is 1.02. The van der Waals surface area contributed by atoms with E-state index in [0.29, 0.717) is 23.9 Å². The van der Waals surface area contributed by atoms with Gasteiger partial charge in [0, 0.05) is 23.5 Å². The molecule has 4 heteroatoms. The molecule has 0 N–H and O–H groups in total. The van der Waals surface area contributed by atoms with Crippen LogP contribution in [0.3, 0.4) is 0 Å². The van der Waals surface area contributed by atoms with Gasteiger partial charge in [0.15, 0.2) is 0 Å². The molecule has 0 spiro atoms. The van der Waals surface area contributed by atoms with Crippen molar-refractivity contribution in [1.82, 2.24) is 4.90 Å². The van der Waals surface area contributed by atoms with Crippen LogP contribution < -0.4 is 10.4 Å². The van der Waals surface area contributed by atoms with Gasteiger partial charge in [0.1, 0.15) is 18.1 Å². The Bertz CT molecular complexity index is 758. The third kappa shape index (κ3) is 1.68. The third-order valence-corrected chi connectivity index (χ3v) is 4.50. The number of fused-ring (bicyclic) bond motifs is 3. The van der Waals surface area contributed by atoms with Crippen LogP contribution in [-0.2, 0) is 6.54 Å². The highest BCUT2D eigenvalue weighted by Gasteiger charge is 2.33. The van der Waals surface area contributed by atoms with Crippen LogP contribution in [0.1, 0.15) is 29.5 Å². The van der Waals surface area contributed by atoms with Gasteiger partial charge in [0.2, 0.25) is 0 Å². The lowest BCUT2D eigenvalue weighted by atomic mass is 10.0. The predicted molar refractivity (Wildman–Crippen MR) is 76.0 cm³/mol. The fraction of sp³-hybridized carbons (Fsp3) is 0.438.